The first-order valence-electron chi connectivity index (χ1n) is 11.4. The second-order valence-electron chi connectivity index (χ2n) is 9.14. The van der Waals surface area contributed by atoms with Gasteiger partial charge >= 0.3 is 5.69 Å². The molecular formula is C25H24ClN5O2. The lowest BCUT2D eigenvalue weighted by atomic mass is 10.0. The molecule has 2 N–H and O–H groups in total. The van der Waals surface area contributed by atoms with Crippen molar-refractivity contribution < 1.29 is 4.79 Å². The summed E-state index contributed by atoms with van der Waals surface area (Å²) in [6.07, 6.45) is 5.50. The van der Waals surface area contributed by atoms with Gasteiger partial charge in [-0.15, -0.1) is 0 Å². The average molecular weight is 462 g/mol. The lowest BCUT2D eigenvalue weighted by Gasteiger charge is -2.16. The molecule has 2 aliphatic rings. The van der Waals surface area contributed by atoms with Gasteiger partial charge in [0.25, 0.3) is 0 Å². The number of rotatable bonds is 5. The normalized spacial score (nSPS) is 18.3. The van der Waals surface area contributed by atoms with E-state index in [0.29, 0.717) is 23.0 Å². The number of aromatic nitrogens is 4. The van der Waals surface area contributed by atoms with Gasteiger partial charge in [-0.1, -0.05) is 23.7 Å². The predicted octanol–water partition coefficient (Wildman–Crippen LogP) is 4.16. The first kappa shape index (κ1) is 20.3. The number of amides is 1. The summed E-state index contributed by atoms with van der Waals surface area (Å²) in [6.45, 7) is 1.51. The van der Waals surface area contributed by atoms with E-state index in [-0.39, 0.29) is 23.4 Å². The molecule has 1 unspecified atom stereocenters. The van der Waals surface area contributed by atoms with E-state index in [0.717, 1.165) is 54.4 Å². The van der Waals surface area contributed by atoms with Gasteiger partial charge in [0.1, 0.15) is 5.82 Å². The minimum absolute atomic E-state index is 0.239. The summed E-state index contributed by atoms with van der Waals surface area (Å²) in [5, 5.41) is 8.48. The number of hydrogen-bond acceptors (Lipinski definition) is 3. The van der Waals surface area contributed by atoms with Crippen molar-refractivity contribution in [3.63, 3.8) is 0 Å². The van der Waals surface area contributed by atoms with Crippen LogP contribution in [-0.2, 0) is 11.2 Å². The lowest BCUT2D eigenvalue weighted by molar-refractivity contribution is -0.131. The van der Waals surface area contributed by atoms with Gasteiger partial charge < -0.3 is 9.88 Å². The highest BCUT2D eigenvalue weighted by Gasteiger charge is 2.37. The molecule has 1 saturated heterocycles. The molecule has 2 fully saturated rings. The fourth-order valence-corrected chi connectivity index (χ4v) is 5.13. The van der Waals surface area contributed by atoms with Gasteiger partial charge in [-0.05, 0) is 72.0 Å². The third kappa shape index (κ3) is 3.76. The number of carbonyl (C=O) groups is 1. The first-order chi connectivity index (χ1) is 16.1. The molecule has 8 heteroatoms. The SMILES string of the molecule is O=C(C1CC1)N1CCC(Cc2n[nH]c(=O)n2-c2ccc(-c3ccc4[nH]ccc4c3)cc2Cl)C1. The molecule has 0 radical (unpaired) electrons. The summed E-state index contributed by atoms with van der Waals surface area (Å²) >= 11 is 6.67. The second kappa shape index (κ2) is 7.92. The molecule has 6 rings (SSSR count). The van der Waals surface area contributed by atoms with E-state index in [1.165, 1.54) is 0 Å². The molecule has 3 heterocycles. The predicted molar refractivity (Wildman–Crippen MR) is 128 cm³/mol. The van der Waals surface area contributed by atoms with E-state index in [1.54, 1.807) is 4.57 Å². The summed E-state index contributed by atoms with van der Waals surface area (Å²) in [6, 6.07) is 14.0. The largest absolute Gasteiger partial charge is 0.361 e. The Morgan fingerprint density at radius 1 is 1.09 bits per heavy atom. The molecule has 1 aliphatic carbocycles. The highest BCUT2D eigenvalue weighted by Crippen LogP contribution is 2.34. The highest BCUT2D eigenvalue weighted by atomic mass is 35.5. The maximum atomic E-state index is 12.6. The molecule has 4 aromatic rings. The van der Waals surface area contributed by atoms with Crippen molar-refractivity contribution in [2.24, 2.45) is 11.8 Å². The monoisotopic (exact) mass is 461 g/mol. The number of benzene rings is 2. The first-order valence-corrected chi connectivity index (χ1v) is 11.8. The molecule has 1 saturated carbocycles. The van der Waals surface area contributed by atoms with Crippen LogP contribution >= 0.6 is 11.6 Å². The molecule has 1 aliphatic heterocycles. The summed E-state index contributed by atoms with van der Waals surface area (Å²) in [5.74, 6) is 1.46. The Balaban J connectivity index is 1.26. The smallest absolute Gasteiger partial charge is 0.347 e. The third-order valence-corrected chi connectivity index (χ3v) is 7.12. The number of aromatic amines is 2. The topological polar surface area (TPSA) is 86.8 Å². The van der Waals surface area contributed by atoms with Crippen LogP contribution in [-0.4, -0.2) is 43.6 Å². The van der Waals surface area contributed by atoms with Crippen LogP contribution in [0.25, 0.3) is 27.7 Å². The van der Waals surface area contributed by atoms with Gasteiger partial charge in [-0.25, -0.2) is 14.5 Å². The van der Waals surface area contributed by atoms with Crippen LogP contribution in [0, 0.1) is 11.8 Å². The van der Waals surface area contributed by atoms with Gasteiger partial charge in [-0.3, -0.25) is 4.79 Å². The van der Waals surface area contributed by atoms with Gasteiger partial charge in [0.2, 0.25) is 5.91 Å². The number of likely N-dealkylation sites (tertiary alicyclic amines) is 1. The number of nitrogens with one attached hydrogen (secondary N) is 2. The van der Waals surface area contributed by atoms with Gasteiger partial charge in [0, 0.05) is 37.1 Å². The zero-order valence-corrected chi connectivity index (χ0v) is 18.8. The zero-order valence-electron chi connectivity index (χ0n) is 18.1. The van der Waals surface area contributed by atoms with Crippen molar-refractivity contribution in [1.82, 2.24) is 24.6 Å². The fourth-order valence-electron chi connectivity index (χ4n) is 4.86. The lowest BCUT2D eigenvalue weighted by Crippen LogP contribution is -2.30. The van der Waals surface area contributed by atoms with E-state index in [9.17, 15) is 9.59 Å². The number of hydrogen-bond donors (Lipinski definition) is 2. The Hall–Kier alpha value is -3.32. The minimum atomic E-state index is -0.308. The quantitative estimate of drug-likeness (QED) is 0.467. The van der Waals surface area contributed by atoms with Crippen molar-refractivity contribution in [2.75, 3.05) is 13.1 Å². The molecular weight excluding hydrogens is 438 g/mol. The third-order valence-electron chi connectivity index (χ3n) is 6.81. The van der Waals surface area contributed by atoms with Crippen molar-refractivity contribution in [1.29, 1.82) is 0 Å². The van der Waals surface area contributed by atoms with E-state index in [4.69, 9.17) is 11.6 Å². The van der Waals surface area contributed by atoms with Crippen LogP contribution in [0.15, 0.2) is 53.5 Å². The van der Waals surface area contributed by atoms with Crippen molar-refractivity contribution >= 4 is 28.4 Å². The van der Waals surface area contributed by atoms with E-state index < -0.39 is 0 Å². The Morgan fingerprint density at radius 2 is 1.91 bits per heavy atom. The summed E-state index contributed by atoms with van der Waals surface area (Å²) in [4.78, 5) is 30.2. The molecule has 0 spiro atoms. The Kier molecular flexibility index (Phi) is 4.87. The molecule has 168 valence electrons. The van der Waals surface area contributed by atoms with Crippen LogP contribution < -0.4 is 5.69 Å². The Bertz CT molecular complexity index is 1410. The van der Waals surface area contributed by atoms with Crippen LogP contribution in [0.1, 0.15) is 25.1 Å². The number of H-pyrrole nitrogens is 2. The minimum Gasteiger partial charge on any atom is -0.361 e. The van der Waals surface area contributed by atoms with Crippen LogP contribution in [0.2, 0.25) is 5.02 Å². The van der Waals surface area contributed by atoms with Crippen LogP contribution in [0.5, 0.6) is 0 Å². The van der Waals surface area contributed by atoms with E-state index in [2.05, 4.69) is 21.2 Å². The van der Waals surface area contributed by atoms with Gasteiger partial charge in [0.15, 0.2) is 0 Å². The molecule has 2 aromatic heterocycles. The molecule has 7 nitrogen and oxygen atoms in total. The molecule has 33 heavy (non-hydrogen) atoms. The average Bonchev–Trinajstić information content (AvgIpc) is 3.21. The summed E-state index contributed by atoms with van der Waals surface area (Å²) in [7, 11) is 0. The van der Waals surface area contributed by atoms with Crippen LogP contribution in [0.3, 0.4) is 0 Å². The Morgan fingerprint density at radius 3 is 2.73 bits per heavy atom. The summed E-state index contributed by atoms with van der Waals surface area (Å²) < 4.78 is 1.56. The maximum Gasteiger partial charge on any atom is 0.347 e. The van der Waals surface area contributed by atoms with E-state index in [1.807, 2.05) is 47.5 Å². The number of nitrogens with zero attached hydrogens (tertiary/aromatic N) is 3. The van der Waals surface area contributed by atoms with Gasteiger partial charge in [-0.2, -0.15) is 5.10 Å². The maximum absolute atomic E-state index is 12.6. The zero-order chi connectivity index (χ0) is 22.5. The molecule has 1 amide bonds. The van der Waals surface area contributed by atoms with Crippen molar-refractivity contribution in [2.45, 2.75) is 25.7 Å². The molecule has 0 bridgehead atoms. The number of halogens is 1. The van der Waals surface area contributed by atoms with Crippen molar-refractivity contribution in [3.8, 4) is 16.8 Å². The number of fused-ring (bicyclic) bond motifs is 1. The molecule has 1 atom stereocenters. The second-order valence-corrected chi connectivity index (χ2v) is 9.55. The number of carbonyl (C=O) groups excluding carboxylic acids is 1. The molecule has 2 aromatic carbocycles. The standard InChI is InChI=1S/C25H24ClN5O2/c26-20-13-18(17-3-5-21-19(12-17)7-9-27-21)4-6-22(20)31-23(28-29-25(31)33)11-15-8-10-30(14-15)24(32)16-1-2-16/h3-7,9,12-13,15-16,27H,1-2,8,10-11,14H2,(H,29,33). The van der Waals surface area contributed by atoms with Gasteiger partial charge in [0.05, 0.1) is 10.7 Å². The fraction of sp³-hybridized carbons (Fsp3) is 0.320. The van der Waals surface area contributed by atoms with Crippen molar-refractivity contribution in [3.05, 3.63) is 70.0 Å². The Labute approximate surface area is 195 Å². The van der Waals surface area contributed by atoms with Crippen LogP contribution in [0.4, 0.5) is 0 Å². The van der Waals surface area contributed by atoms with E-state index >= 15 is 0 Å². The summed E-state index contributed by atoms with van der Waals surface area (Å²) in [5.41, 5.74) is 3.43. The highest BCUT2D eigenvalue weighted by molar-refractivity contribution is 6.32.